The van der Waals surface area contributed by atoms with E-state index in [-0.39, 0.29) is 5.82 Å². The number of hydrogen-bond acceptors (Lipinski definition) is 2. The van der Waals surface area contributed by atoms with Crippen LogP contribution >= 0.6 is 0 Å². The number of halogens is 1. The van der Waals surface area contributed by atoms with Gasteiger partial charge in [0, 0.05) is 18.9 Å². The van der Waals surface area contributed by atoms with Crippen LogP contribution in [-0.2, 0) is 6.54 Å². The van der Waals surface area contributed by atoms with Crippen molar-refractivity contribution in [3.63, 3.8) is 0 Å². The number of imidazole rings is 1. The summed E-state index contributed by atoms with van der Waals surface area (Å²) in [5.41, 5.74) is 2.32. The minimum Gasteiger partial charge on any atom is -0.457 e. The Labute approximate surface area is 134 Å². The quantitative estimate of drug-likeness (QED) is 0.669. The minimum atomic E-state index is -0.272. The molecule has 0 aliphatic rings. The van der Waals surface area contributed by atoms with Crippen LogP contribution in [0.2, 0.25) is 0 Å². The molecule has 0 saturated carbocycles. The number of allylic oxidation sites excluding steroid dienone is 2. The molecule has 0 atom stereocenters. The third kappa shape index (κ3) is 4.07. The molecule has 0 fully saturated rings. The standard InChI is InChI=1S/C19H17FN2O/c1-15(10-12-22-13-11-21-14-22)16-2-6-18(7-3-16)23-19-8-4-17(20)5-9-19/h2-11,13-14H,12H2,1H3. The maximum atomic E-state index is 12.9. The Balaban J connectivity index is 1.66. The van der Waals surface area contributed by atoms with Gasteiger partial charge in [0.2, 0.25) is 0 Å². The Hall–Kier alpha value is -2.88. The van der Waals surface area contributed by atoms with Crippen molar-refractivity contribution in [2.24, 2.45) is 0 Å². The first-order chi connectivity index (χ1) is 11.2. The maximum absolute atomic E-state index is 12.9. The van der Waals surface area contributed by atoms with Gasteiger partial charge in [-0.2, -0.15) is 0 Å². The predicted octanol–water partition coefficient (Wildman–Crippen LogP) is 4.92. The Morgan fingerprint density at radius 1 is 1.09 bits per heavy atom. The van der Waals surface area contributed by atoms with Gasteiger partial charge in [0.25, 0.3) is 0 Å². The molecule has 2 aromatic carbocycles. The van der Waals surface area contributed by atoms with E-state index in [1.165, 1.54) is 17.7 Å². The van der Waals surface area contributed by atoms with Crippen LogP contribution < -0.4 is 4.74 Å². The molecule has 1 aromatic heterocycles. The summed E-state index contributed by atoms with van der Waals surface area (Å²) in [5.74, 6) is 1.07. The summed E-state index contributed by atoms with van der Waals surface area (Å²) >= 11 is 0. The molecule has 0 bridgehead atoms. The average Bonchev–Trinajstić information content (AvgIpc) is 3.09. The van der Waals surface area contributed by atoms with Crippen molar-refractivity contribution < 1.29 is 9.13 Å². The second-order valence-electron chi connectivity index (χ2n) is 5.23. The molecular formula is C19H17FN2O. The van der Waals surface area contributed by atoms with Crippen LogP contribution in [0.25, 0.3) is 5.57 Å². The fourth-order valence-electron chi connectivity index (χ4n) is 2.18. The van der Waals surface area contributed by atoms with Gasteiger partial charge in [-0.3, -0.25) is 0 Å². The summed E-state index contributed by atoms with van der Waals surface area (Å²) in [6, 6.07) is 13.8. The predicted molar refractivity (Wildman–Crippen MR) is 88.8 cm³/mol. The molecule has 23 heavy (non-hydrogen) atoms. The molecule has 3 rings (SSSR count). The van der Waals surface area contributed by atoms with Gasteiger partial charge in [-0.25, -0.2) is 9.37 Å². The lowest BCUT2D eigenvalue weighted by atomic mass is 10.1. The zero-order valence-electron chi connectivity index (χ0n) is 12.8. The molecule has 3 nitrogen and oxygen atoms in total. The molecule has 116 valence electrons. The molecular weight excluding hydrogens is 291 g/mol. The Kier molecular flexibility index (Phi) is 4.52. The number of ether oxygens (including phenoxy) is 1. The number of nitrogens with zero attached hydrogens (tertiary/aromatic N) is 2. The zero-order valence-corrected chi connectivity index (χ0v) is 12.8. The third-order valence-corrected chi connectivity index (χ3v) is 3.53. The summed E-state index contributed by atoms with van der Waals surface area (Å²) < 4.78 is 20.6. The number of aromatic nitrogens is 2. The maximum Gasteiger partial charge on any atom is 0.127 e. The zero-order chi connectivity index (χ0) is 16.1. The Morgan fingerprint density at radius 2 is 1.74 bits per heavy atom. The fourth-order valence-corrected chi connectivity index (χ4v) is 2.18. The molecule has 0 aliphatic carbocycles. The second kappa shape index (κ2) is 6.92. The lowest BCUT2D eigenvalue weighted by molar-refractivity contribution is 0.480. The lowest BCUT2D eigenvalue weighted by Gasteiger charge is -2.07. The smallest absolute Gasteiger partial charge is 0.127 e. The number of hydrogen-bond donors (Lipinski definition) is 0. The lowest BCUT2D eigenvalue weighted by Crippen LogP contribution is -1.91. The van der Waals surface area contributed by atoms with Crippen molar-refractivity contribution >= 4 is 5.57 Å². The molecule has 4 heteroatoms. The summed E-state index contributed by atoms with van der Waals surface area (Å²) in [4.78, 5) is 4.02. The van der Waals surface area contributed by atoms with Crippen molar-refractivity contribution in [3.8, 4) is 11.5 Å². The molecule has 0 aliphatic heterocycles. The molecule has 0 unspecified atom stereocenters. The van der Waals surface area contributed by atoms with Gasteiger partial charge in [0.05, 0.1) is 6.33 Å². The highest BCUT2D eigenvalue weighted by molar-refractivity contribution is 5.64. The van der Waals surface area contributed by atoms with E-state index in [2.05, 4.69) is 18.0 Å². The Morgan fingerprint density at radius 3 is 2.35 bits per heavy atom. The summed E-state index contributed by atoms with van der Waals surface area (Å²) in [5, 5.41) is 0. The van der Waals surface area contributed by atoms with E-state index in [1.54, 1.807) is 24.7 Å². The second-order valence-corrected chi connectivity index (χ2v) is 5.23. The monoisotopic (exact) mass is 308 g/mol. The van der Waals surface area contributed by atoms with Crippen LogP contribution in [0, 0.1) is 5.82 Å². The molecule has 0 saturated heterocycles. The molecule has 1 heterocycles. The van der Waals surface area contributed by atoms with E-state index in [9.17, 15) is 4.39 Å². The Bertz CT molecular complexity index is 775. The van der Waals surface area contributed by atoms with Crippen molar-refractivity contribution in [2.45, 2.75) is 13.5 Å². The molecule has 0 N–H and O–H groups in total. The van der Waals surface area contributed by atoms with Crippen LogP contribution in [0.3, 0.4) is 0 Å². The number of rotatable bonds is 5. The van der Waals surface area contributed by atoms with Gasteiger partial charge >= 0.3 is 0 Å². The van der Waals surface area contributed by atoms with Crippen molar-refractivity contribution in [3.05, 3.63) is 84.7 Å². The van der Waals surface area contributed by atoms with Gasteiger partial charge in [-0.15, -0.1) is 0 Å². The van der Waals surface area contributed by atoms with Gasteiger partial charge < -0.3 is 9.30 Å². The van der Waals surface area contributed by atoms with Crippen LogP contribution in [0.15, 0.2) is 73.3 Å². The normalized spacial score (nSPS) is 11.5. The van der Waals surface area contributed by atoms with E-state index >= 15 is 0 Å². The molecule has 0 spiro atoms. The minimum absolute atomic E-state index is 0.272. The number of benzene rings is 2. The van der Waals surface area contributed by atoms with Crippen LogP contribution in [0.5, 0.6) is 11.5 Å². The van der Waals surface area contributed by atoms with Gasteiger partial charge in [0.1, 0.15) is 17.3 Å². The van der Waals surface area contributed by atoms with Crippen LogP contribution in [0.4, 0.5) is 4.39 Å². The first-order valence-electron chi connectivity index (χ1n) is 7.37. The van der Waals surface area contributed by atoms with Crippen LogP contribution in [0.1, 0.15) is 12.5 Å². The highest BCUT2D eigenvalue weighted by Crippen LogP contribution is 2.24. The summed E-state index contributed by atoms with van der Waals surface area (Å²) in [7, 11) is 0. The first kappa shape index (κ1) is 15.0. The first-order valence-corrected chi connectivity index (χ1v) is 7.37. The largest absolute Gasteiger partial charge is 0.457 e. The highest BCUT2D eigenvalue weighted by atomic mass is 19.1. The van der Waals surface area contributed by atoms with E-state index in [0.717, 1.165) is 17.9 Å². The highest BCUT2D eigenvalue weighted by Gasteiger charge is 2.00. The molecule has 0 amide bonds. The van der Waals surface area contributed by atoms with E-state index < -0.39 is 0 Å². The van der Waals surface area contributed by atoms with E-state index in [0.29, 0.717) is 5.75 Å². The van der Waals surface area contributed by atoms with Gasteiger partial charge in [0.15, 0.2) is 0 Å². The molecule has 0 radical (unpaired) electrons. The average molecular weight is 308 g/mol. The SMILES string of the molecule is CC(=CCn1ccnc1)c1ccc(Oc2ccc(F)cc2)cc1. The van der Waals surface area contributed by atoms with E-state index in [4.69, 9.17) is 4.74 Å². The van der Waals surface area contributed by atoms with Gasteiger partial charge in [-0.1, -0.05) is 18.2 Å². The van der Waals surface area contributed by atoms with Gasteiger partial charge in [-0.05, 0) is 54.5 Å². The van der Waals surface area contributed by atoms with Crippen LogP contribution in [-0.4, -0.2) is 9.55 Å². The van der Waals surface area contributed by atoms with Crippen molar-refractivity contribution in [2.75, 3.05) is 0 Å². The van der Waals surface area contributed by atoms with Crippen molar-refractivity contribution in [1.29, 1.82) is 0 Å². The topological polar surface area (TPSA) is 27.1 Å². The summed E-state index contributed by atoms with van der Waals surface area (Å²) in [6.45, 7) is 2.87. The summed E-state index contributed by atoms with van der Waals surface area (Å²) in [6.07, 6.45) is 7.65. The molecule has 3 aromatic rings. The van der Waals surface area contributed by atoms with E-state index in [1.807, 2.05) is 35.0 Å². The van der Waals surface area contributed by atoms with Crippen molar-refractivity contribution in [1.82, 2.24) is 9.55 Å². The fraction of sp³-hybridized carbons (Fsp3) is 0.105. The third-order valence-electron chi connectivity index (χ3n) is 3.53.